The molecule has 0 fully saturated rings. The molecule has 31 heavy (non-hydrogen) atoms. The van der Waals surface area contributed by atoms with Gasteiger partial charge in [-0.25, -0.2) is 0 Å². The number of hydrogen-bond acceptors (Lipinski definition) is 6. The Hall–Kier alpha value is -2.12. The molecule has 6 heteroatoms. The van der Waals surface area contributed by atoms with Gasteiger partial charge in [-0.15, -0.1) is 22.7 Å². The maximum atomic E-state index is 9.80. The number of phenolic OH excluding ortho intramolecular Hbond substituents is 1. The minimum absolute atomic E-state index is 0.405. The van der Waals surface area contributed by atoms with Crippen molar-refractivity contribution in [1.29, 1.82) is 0 Å². The lowest BCUT2D eigenvalue weighted by molar-refractivity contribution is 0.411. The van der Waals surface area contributed by atoms with E-state index in [9.17, 15) is 5.11 Å². The van der Waals surface area contributed by atoms with E-state index in [1.807, 2.05) is 18.2 Å². The van der Waals surface area contributed by atoms with Crippen LogP contribution in [0.25, 0.3) is 20.2 Å². The van der Waals surface area contributed by atoms with Crippen LogP contribution in [-0.2, 0) is 12.8 Å². The van der Waals surface area contributed by atoms with Gasteiger partial charge < -0.3 is 19.6 Å². The average molecular weight is 457 g/mol. The Morgan fingerprint density at radius 1 is 0.774 bits per heavy atom. The number of aromatic hydroxyl groups is 1. The van der Waals surface area contributed by atoms with Crippen LogP contribution in [0.1, 0.15) is 11.1 Å². The van der Waals surface area contributed by atoms with Crippen LogP contribution in [0.2, 0.25) is 0 Å². The first-order valence-electron chi connectivity index (χ1n) is 10.4. The number of rotatable bonds is 7. The fourth-order valence-corrected chi connectivity index (χ4v) is 5.51. The Balaban J connectivity index is 0.000000176. The van der Waals surface area contributed by atoms with Crippen molar-refractivity contribution in [2.45, 2.75) is 12.8 Å². The van der Waals surface area contributed by atoms with Crippen molar-refractivity contribution in [1.82, 2.24) is 9.80 Å². The van der Waals surface area contributed by atoms with Gasteiger partial charge in [-0.3, -0.25) is 0 Å². The van der Waals surface area contributed by atoms with E-state index in [4.69, 9.17) is 4.74 Å². The highest BCUT2D eigenvalue weighted by Gasteiger charge is 2.09. The topological polar surface area (TPSA) is 35.9 Å². The van der Waals surface area contributed by atoms with Crippen LogP contribution < -0.4 is 4.74 Å². The van der Waals surface area contributed by atoms with Crippen molar-refractivity contribution in [3.63, 3.8) is 0 Å². The molecule has 2 heterocycles. The molecule has 0 aliphatic carbocycles. The van der Waals surface area contributed by atoms with Crippen molar-refractivity contribution in [2.24, 2.45) is 0 Å². The van der Waals surface area contributed by atoms with Crippen LogP contribution in [0, 0.1) is 0 Å². The zero-order valence-corrected chi connectivity index (χ0v) is 20.6. The number of thiophene rings is 2. The number of fused-ring (bicyclic) bond motifs is 2. The van der Waals surface area contributed by atoms with Gasteiger partial charge in [0.15, 0.2) is 0 Å². The summed E-state index contributed by atoms with van der Waals surface area (Å²) in [6, 6.07) is 11.9. The van der Waals surface area contributed by atoms with Crippen molar-refractivity contribution >= 4 is 42.8 Å². The molecular weight excluding hydrogens is 424 g/mol. The standard InChI is InChI=1S/C13H17NOS.C12H15NOS/c1-14(2)8-7-10-9-16-12-6-4-5-11(15-3)13(10)12;1-13(2)7-6-9-8-15-11-5-3-4-10(14)12(9)11/h4-6,9H,7-8H2,1-3H3;3-5,8,14H,6-7H2,1-2H3. The molecule has 166 valence electrons. The second kappa shape index (κ2) is 11.0. The Kier molecular flexibility index (Phi) is 8.32. The molecule has 4 aromatic rings. The third-order valence-electron chi connectivity index (χ3n) is 5.17. The van der Waals surface area contributed by atoms with E-state index < -0.39 is 0 Å². The van der Waals surface area contributed by atoms with E-state index in [0.717, 1.165) is 37.1 Å². The van der Waals surface area contributed by atoms with Gasteiger partial charge >= 0.3 is 0 Å². The molecule has 4 rings (SSSR count). The number of hydrogen-bond donors (Lipinski definition) is 1. The molecular formula is C25H32N2O2S2. The largest absolute Gasteiger partial charge is 0.507 e. The van der Waals surface area contributed by atoms with Gasteiger partial charge in [0.1, 0.15) is 11.5 Å². The predicted octanol–water partition coefficient (Wildman–Crippen LogP) is 5.73. The van der Waals surface area contributed by atoms with Gasteiger partial charge in [-0.1, -0.05) is 12.1 Å². The summed E-state index contributed by atoms with van der Waals surface area (Å²) in [4.78, 5) is 4.36. The van der Waals surface area contributed by atoms with Gasteiger partial charge in [0.05, 0.1) is 7.11 Å². The monoisotopic (exact) mass is 456 g/mol. The minimum Gasteiger partial charge on any atom is -0.507 e. The van der Waals surface area contributed by atoms with Crippen LogP contribution in [0.3, 0.4) is 0 Å². The highest BCUT2D eigenvalue weighted by atomic mass is 32.1. The number of methoxy groups -OCH3 is 1. The van der Waals surface area contributed by atoms with Crippen LogP contribution in [0.4, 0.5) is 0 Å². The molecule has 4 nitrogen and oxygen atoms in total. The lowest BCUT2D eigenvalue weighted by Crippen LogP contribution is -2.14. The SMILES string of the molecule is CN(C)CCc1csc2cccc(O)c12.COc1cccc2scc(CCN(C)C)c12. The van der Waals surface area contributed by atoms with Crippen molar-refractivity contribution in [3.8, 4) is 11.5 Å². The fraction of sp³-hybridized carbons (Fsp3) is 0.360. The second-order valence-electron chi connectivity index (χ2n) is 8.11. The zero-order chi connectivity index (χ0) is 22.4. The lowest BCUT2D eigenvalue weighted by Gasteiger charge is -2.09. The molecule has 0 saturated heterocycles. The van der Waals surface area contributed by atoms with Gasteiger partial charge in [0.2, 0.25) is 0 Å². The lowest BCUT2D eigenvalue weighted by atomic mass is 10.1. The van der Waals surface area contributed by atoms with E-state index in [-0.39, 0.29) is 0 Å². The minimum atomic E-state index is 0.405. The van der Waals surface area contributed by atoms with Gasteiger partial charge in [-0.05, 0) is 87.2 Å². The second-order valence-corrected chi connectivity index (χ2v) is 9.93. The fourth-order valence-electron chi connectivity index (χ4n) is 3.48. The quantitative estimate of drug-likeness (QED) is 0.386. The van der Waals surface area contributed by atoms with E-state index in [1.165, 1.54) is 25.9 Å². The van der Waals surface area contributed by atoms with E-state index in [0.29, 0.717) is 5.75 Å². The first-order valence-corrected chi connectivity index (χ1v) is 12.2. The van der Waals surface area contributed by atoms with Crippen LogP contribution in [0.15, 0.2) is 47.2 Å². The Morgan fingerprint density at radius 3 is 1.84 bits per heavy atom. The van der Waals surface area contributed by atoms with E-state index in [1.54, 1.807) is 35.8 Å². The van der Waals surface area contributed by atoms with E-state index in [2.05, 4.69) is 60.9 Å². The molecule has 1 N–H and O–H groups in total. The molecule has 0 amide bonds. The smallest absolute Gasteiger partial charge is 0.127 e. The molecule has 0 atom stereocenters. The maximum Gasteiger partial charge on any atom is 0.127 e. The van der Waals surface area contributed by atoms with Crippen molar-refractivity contribution < 1.29 is 9.84 Å². The number of likely N-dealkylation sites (N-methyl/N-ethyl adjacent to an activating group) is 2. The molecule has 2 aromatic heterocycles. The van der Waals surface area contributed by atoms with Crippen LogP contribution in [-0.4, -0.2) is 63.3 Å². The molecule has 0 bridgehead atoms. The van der Waals surface area contributed by atoms with Gasteiger partial charge in [0, 0.05) is 33.3 Å². The summed E-state index contributed by atoms with van der Waals surface area (Å²) < 4.78 is 7.91. The van der Waals surface area contributed by atoms with Crippen LogP contribution >= 0.6 is 22.7 Å². The molecule has 0 unspecified atom stereocenters. The van der Waals surface area contributed by atoms with Crippen molar-refractivity contribution in [2.75, 3.05) is 48.4 Å². The third-order valence-corrected chi connectivity index (χ3v) is 7.16. The molecule has 0 spiro atoms. The first kappa shape index (κ1) is 23.5. The molecule has 0 radical (unpaired) electrons. The summed E-state index contributed by atoms with van der Waals surface area (Å²) in [5.74, 6) is 1.40. The Morgan fingerprint density at radius 2 is 1.29 bits per heavy atom. The number of benzene rings is 2. The molecule has 0 aliphatic rings. The average Bonchev–Trinajstić information content (AvgIpc) is 3.36. The number of phenols is 1. The van der Waals surface area contributed by atoms with Crippen molar-refractivity contribution in [3.05, 3.63) is 58.3 Å². The maximum absolute atomic E-state index is 9.80. The number of nitrogens with zero attached hydrogens (tertiary/aromatic N) is 2. The summed E-state index contributed by atoms with van der Waals surface area (Å²) in [5.41, 5.74) is 2.65. The molecule has 0 saturated carbocycles. The van der Waals surface area contributed by atoms with Gasteiger partial charge in [-0.2, -0.15) is 0 Å². The van der Waals surface area contributed by atoms with E-state index >= 15 is 0 Å². The summed E-state index contributed by atoms with van der Waals surface area (Å²) in [6.45, 7) is 2.09. The Labute approximate surface area is 193 Å². The van der Waals surface area contributed by atoms with Gasteiger partial charge in [0.25, 0.3) is 0 Å². The summed E-state index contributed by atoms with van der Waals surface area (Å²) >= 11 is 3.50. The predicted molar refractivity (Wildman–Crippen MR) is 136 cm³/mol. The molecule has 0 aliphatic heterocycles. The Bertz CT molecular complexity index is 1120. The highest BCUT2D eigenvalue weighted by molar-refractivity contribution is 7.17. The molecule has 2 aromatic carbocycles. The normalized spacial score (nSPS) is 11.3. The third kappa shape index (κ3) is 5.98. The highest BCUT2D eigenvalue weighted by Crippen LogP contribution is 2.34. The van der Waals surface area contributed by atoms with Crippen LogP contribution in [0.5, 0.6) is 11.5 Å². The summed E-state index contributed by atoms with van der Waals surface area (Å²) in [6.07, 6.45) is 2.07. The number of ether oxygens (including phenoxy) is 1. The summed E-state index contributed by atoms with van der Waals surface area (Å²) in [5, 5.41) is 16.5. The summed E-state index contributed by atoms with van der Waals surface area (Å²) in [7, 11) is 10.1. The zero-order valence-electron chi connectivity index (χ0n) is 19.0. The first-order chi connectivity index (χ1) is 14.9.